The highest BCUT2D eigenvalue weighted by Crippen LogP contribution is 2.17. The highest BCUT2D eigenvalue weighted by atomic mass is 32.1. The summed E-state index contributed by atoms with van der Waals surface area (Å²) in [6.07, 6.45) is 0. The number of nitrogens with one attached hydrogen (secondary N) is 1. The van der Waals surface area contributed by atoms with E-state index in [4.69, 9.17) is 17.0 Å². The van der Waals surface area contributed by atoms with Gasteiger partial charge in [0.2, 0.25) is 4.77 Å². The van der Waals surface area contributed by atoms with Gasteiger partial charge in [0.25, 0.3) is 6.01 Å². The predicted molar refractivity (Wildman–Crippen MR) is 63.9 cm³/mol. The fourth-order valence-corrected chi connectivity index (χ4v) is 1.56. The Morgan fingerprint density at radius 1 is 1.31 bits per heavy atom. The molecule has 0 aliphatic heterocycles. The van der Waals surface area contributed by atoms with Crippen molar-refractivity contribution in [2.24, 2.45) is 0 Å². The molecule has 0 saturated carbocycles. The van der Waals surface area contributed by atoms with Gasteiger partial charge in [-0.15, -0.1) is 0 Å². The minimum absolute atomic E-state index is 0.270. The van der Waals surface area contributed by atoms with Gasteiger partial charge in [-0.3, -0.25) is 4.98 Å². The molecular formula is C11H11N3OS. The summed E-state index contributed by atoms with van der Waals surface area (Å²) in [5.41, 5.74) is 2.13. The molecule has 16 heavy (non-hydrogen) atoms. The molecule has 1 aromatic heterocycles. The van der Waals surface area contributed by atoms with Crippen LogP contribution in [0.2, 0.25) is 0 Å². The van der Waals surface area contributed by atoms with Gasteiger partial charge in [-0.2, -0.15) is 4.98 Å². The van der Waals surface area contributed by atoms with Crippen LogP contribution in [0.25, 0.3) is 11.4 Å². The van der Waals surface area contributed by atoms with Gasteiger partial charge in [0.15, 0.2) is 0 Å². The van der Waals surface area contributed by atoms with Crippen LogP contribution in [0, 0.1) is 11.7 Å². The monoisotopic (exact) mass is 233 g/mol. The lowest BCUT2D eigenvalue weighted by molar-refractivity contribution is 0.378. The van der Waals surface area contributed by atoms with Crippen LogP contribution in [-0.2, 0) is 0 Å². The van der Waals surface area contributed by atoms with Crippen molar-refractivity contribution in [1.29, 1.82) is 0 Å². The van der Waals surface area contributed by atoms with E-state index < -0.39 is 0 Å². The maximum absolute atomic E-state index is 5.01. The largest absolute Gasteiger partial charge is 0.468 e. The summed E-state index contributed by atoms with van der Waals surface area (Å²) in [4.78, 5) is 11.1. The fraction of sp³-hybridized carbons (Fsp3) is 0.182. The van der Waals surface area contributed by atoms with Crippen LogP contribution in [0.4, 0.5) is 0 Å². The fourth-order valence-electron chi connectivity index (χ4n) is 1.39. The standard InChI is InChI=1S/C11H11N3OS/c1-7-4-3-5-8(6-7)9-12-10(15-2)14-11(16)13-9/h3-6H,1-2H3,(H,12,13,14,16). The summed E-state index contributed by atoms with van der Waals surface area (Å²) >= 11 is 4.96. The quantitative estimate of drug-likeness (QED) is 0.810. The van der Waals surface area contributed by atoms with Crippen LogP contribution in [0.1, 0.15) is 5.56 Å². The second-order valence-corrected chi connectivity index (χ2v) is 3.72. The predicted octanol–water partition coefficient (Wildman–Crippen LogP) is 2.52. The maximum Gasteiger partial charge on any atom is 0.297 e. The number of H-pyrrole nitrogens is 1. The highest BCUT2D eigenvalue weighted by molar-refractivity contribution is 7.71. The van der Waals surface area contributed by atoms with Gasteiger partial charge in [0.05, 0.1) is 7.11 Å². The second kappa shape index (κ2) is 4.40. The molecule has 2 rings (SSSR count). The average molecular weight is 233 g/mol. The van der Waals surface area contributed by atoms with E-state index in [-0.39, 0.29) is 4.77 Å². The normalized spacial score (nSPS) is 10.1. The van der Waals surface area contributed by atoms with Gasteiger partial charge in [0, 0.05) is 5.56 Å². The number of aryl methyl sites for hydroxylation is 1. The molecule has 2 aromatic rings. The van der Waals surface area contributed by atoms with Crippen molar-refractivity contribution in [3.63, 3.8) is 0 Å². The van der Waals surface area contributed by atoms with Crippen molar-refractivity contribution in [3.8, 4) is 17.4 Å². The van der Waals surface area contributed by atoms with Crippen molar-refractivity contribution < 1.29 is 4.74 Å². The minimum Gasteiger partial charge on any atom is -0.468 e. The zero-order chi connectivity index (χ0) is 11.5. The summed E-state index contributed by atoms with van der Waals surface area (Å²) in [7, 11) is 1.54. The first-order valence-electron chi connectivity index (χ1n) is 4.78. The van der Waals surface area contributed by atoms with Gasteiger partial charge >= 0.3 is 0 Å². The molecule has 1 N–H and O–H groups in total. The van der Waals surface area contributed by atoms with E-state index in [9.17, 15) is 0 Å². The van der Waals surface area contributed by atoms with E-state index in [1.807, 2.05) is 31.2 Å². The summed E-state index contributed by atoms with van der Waals surface area (Å²) in [6.45, 7) is 2.02. The molecule has 0 amide bonds. The molecule has 0 fully saturated rings. The summed E-state index contributed by atoms with van der Waals surface area (Å²) in [6, 6.07) is 8.34. The Labute approximate surface area is 98.3 Å². The van der Waals surface area contributed by atoms with Crippen LogP contribution >= 0.6 is 12.2 Å². The van der Waals surface area contributed by atoms with Crippen molar-refractivity contribution in [2.75, 3.05) is 7.11 Å². The first-order valence-corrected chi connectivity index (χ1v) is 5.19. The number of aromatic nitrogens is 3. The van der Waals surface area contributed by atoms with Crippen LogP contribution in [0.15, 0.2) is 24.3 Å². The van der Waals surface area contributed by atoms with Crippen molar-refractivity contribution in [1.82, 2.24) is 15.0 Å². The smallest absolute Gasteiger partial charge is 0.297 e. The summed E-state index contributed by atoms with van der Waals surface area (Å²) in [5, 5.41) is 0. The lowest BCUT2D eigenvalue weighted by Gasteiger charge is -2.04. The Morgan fingerprint density at radius 3 is 2.81 bits per heavy atom. The molecule has 0 unspecified atom stereocenters. The number of aromatic amines is 1. The Hall–Kier alpha value is -1.75. The van der Waals surface area contributed by atoms with E-state index in [0.29, 0.717) is 11.8 Å². The molecular weight excluding hydrogens is 222 g/mol. The first kappa shape index (κ1) is 10.8. The van der Waals surface area contributed by atoms with E-state index in [0.717, 1.165) is 11.1 Å². The number of hydrogen-bond donors (Lipinski definition) is 1. The van der Waals surface area contributed by atoms with Crippen molar-refractivity contribution in [3.05, 3.63) is 34.6 Å². The third-order valence-electron chi connectivity index (χ3n) is 2.11. The number of ether oxygens (including phenoxy) is 1. The number of benzene rings is 1. The van der Waals surface area contributed by atoms with E-state index in [1.165, 1.54) is 7.11 Å². The zero-order valence-electron chi connectivity index (χ0n) is 9.02. The Morgan fingerprint density at radius 2 is 2.12 bits per heavy atom. The van der Waals surface area contributed by atoms with Crippen molar-refractivity contribution >= 4 is 12.2 Å². The minimum atomic E-state index is 0.270. The Kier molecular flexibility index (Phi) is 2.96. The number of nitrogens with zero attached hydrogens (tertiary/aromatic N) is 2. The van der Waals surface area contributed by atoms with Crippen LogP contribution < -0.4 is 4.74 Å². The van der Waals surface area contributed by atoms with E-state index in [2.05, 4.69) is 15.0 Å². The summed E-state index contributed by atoms with van der Waals surface area (Å²) in [5.74, 6) is 0.667. The molecule has 0 bridgehead atoms. The Bertz CT molecular complexity index is 565. The zero-order valence-corrected chi connectivity index (χ0v) is 9.84. The molecule has 0 aliphatic rings. The van der Waals surface area contributed by atoms with Gasteiger partial charge in [-0.05, 0) is 25.2 Å². The molecule has 1 heterocycles. The molecule has 0 spiro atoms. The topological polar surface area (TPSA) is 50.8 Å². The average Bonchev–Trinajstić information content (AvgIpc) is 2.28. The van der Waals surface area contributed by atoms with Gasteiger partial charge in [0.1, 0.15) is 5.82 Å². The van der Waals surface area contributed by atoms with Crippen LogP contribution in [0.3, 0.4) is 0 Å². The van der Waals surface area contributed by atoms with E-state index >= 15 is 0 Å². The van der Waals surface area contributed by atoms with Crippen LogP contribution in [0.5, 0.6) is 6.01 Å². The van der Waals surface area contributed by atoms with Crippen molar-refractivity contribution in [2.45, 2.75) is 6.92 Å². The lowest BCUT2D eigenvalue weighted by atomic mass is 10.1. The molecule has 0 atom stereocenters. The van der Waals surface area contributed by atoms with Gasteiger partial charge in [-0.25, -0.2) is 4.98 Å². The molecule has 1 aromatic carbocycles. The SMILES string of the molecule is COc1nc(=S)nc(-c2cccc(C)c2)[nH]1. The van der Waals surface area contributed by atoms with Crippen LogP contribution in [-0.4, -0.2) is 22.1 Å². The second-order valence-electron chi connectivity index (χ2n) is 3.36. The Balaban J connectivity index is 2.55. The molecule has 0 aliphatic carbocycles. The van der Waals surface area contributed by atoms with E-state index in [1.54, 1.807) is 0 Å². The molecule has 0 radical (unpaired) electrons. The third kappa shape index (κ3) is 2.25. The number of hydrogen-bond acceptors (Lipinski definition) is 4. The maximum atomic E-state index is 5.01. The summed E-state index contributed by atoms with van der Waals surface area (Å²) < 4.78 is 5.28. The molecule has 5 heteroatoms. The first-order chi connectivity index (χ1) is 7.69. The van der Waals surface area contributed by atoms with Gasteiger partial charge < -0.3 is 4.74 Å². The van der Waals surface area contributed by atoms with Gasteiger partial charge in [-0.1, -0.05) is 23.8 Å². The highest BCUT2D eigenvalue weighted by Gasteiger charge is 2.03. The molecule has 4 nitrogen and oxygen atoms in total. The number of rotatable bonds is 2. The number of methoxy groups -OCH3 is 1. The molecule has 82 valence electrons. The third-order valence-corrected chi connectivity index (χ3v) is 2.30. The lowest BCUT2D eigenvalue weighted by Crippen LogP contribution is -1.97. The molecule has 0 saturated heterocycles.